The first-order valence-electron chi connectivity index (χ1n) is 5.13. The molecule has 3 rings (SSSR count). The van der Waals surface area contributed by atoms with Crippen molar-refractivity contribution in [2.24, 2.45) is 0 Å². The van der Waals surface area contributed by atoms with Crippen LogP contribution in [-0.2, 0) is 0 Å². The molecule has 0 aliphatic heterocycles. The highest BCUT2D eigenvalue weighted by Crippen LogP contribution is 2.18. The van der Waals surface area contributed by atoms with Gasteiger partial charge in [0.15, 0.2) is 11.5 Å². The van der Waals surface area contributed by atoms with Crippen LogP contribution < -0.4 is 5.73 Å². The molecule has 82 valence electrons. The minimum Gasteiger partial charge on any atom is -0.383 e. The van der Waals surface area contributed by atoms with E-state index in [2.05, 4.69) is 19.9 Å². The molecule has 0 saturated heterocycles. The van der Waals surface area contributed by atoms with Crippen molar-refractivity contribution in [3.8, 4) is 11.4 Å². The summed E-state index contributed by atoms with van der Waals surface area (Å²) in [6.45, 7) is 0. The van der Waals surface area contributed by atoms with Crippen LogP contribution in [-0.4, -0.2) is 19.9 Å². The number of nitrogens with zero attached hydrogens (tertiary/aromatic N) is 4. The third-order valence-corrected chi connectivity index (χ3v) is 2.45. The monoisotopic (exact) mass is 223 g/mol. The number of hydrogen-bond acceptors (Lipinski definition) is 5. The summed E-state index contributed by atoms with van der Waals surface area (Å²) in [6.07, 6.45) is 3.06. The van der Waals surface area contributed by atoms with Crippen molar-refractivity contribution in [2.45, 2.75) is 0 Å². The van der Waals surface area contributed by atoms with Crippen LogP contribution in [0.3, 0.4) is 0 Å². The second-order valence-electron chi connectivity index (χ2n) is 3.56. The lowest BCUT2D eigenvalue weighted by molar-refractivity contribution is 1.14. The number of nitrogen functional groups attached to an aromatic ring is 1. The summed E-state index contributed by atoms with van der Waals surface area (Å²) in [5.41, 5.74) is 7.23. The highest BCUT2D eigenvalue weighted by Gasteiger charge is 2.05. The van der Waals surface area contributed by atoms with E-state index in [1.807, 2.05) is 30.3 Å². The van der Waals surface area contributed by atoms with Crippen molar-refractivity contribution in [3.63, 3.8) is 0 Å². The number of fused-ring (bicyclic) bond motifs is 1. The molecule has 0 aliphatic carbocycles. The quantitative estimate of drug-likeness (QED) is 0.679. The van der Waals surface area contributed by atoms with E-state index in [4.69, 9.17) is 5.73 Å². The molecule has 0 spiro atoms. The predicted octanol–water partition coefficient (Wildman–Crippen LogP) is 1.67. The summed E-state index contributed by atoms with van der Waals surface area (Å²) in [5, 5.41) is 0.673. The Morgan fingerprint density at radius 2 is 1.76 bits per heavy atom. The van der Waals surface area contributed by atoms with Crippen molar-refractivity contribution < 1.29 is 0 Å². The van der Waals surface area contributed by atoms with Crippen molar-refractivity contribution >= 4 is 16.9 Å². The molecule has 0 aliphatic rings. The molecule has 5 heteroatoms. The summed E-state index contributed by atoms with van der Waals surface area (Å²) in [7, 11) is 0. The van der Waals surface area contributed by atoms with Crippen molar-refractivity contribution in [2.75, 3.05) is 5.73 Å². The molecule has 0 radical (unpaired) electrons. The van der Waals surface area contributed by atoms with Gasteiger partial charge in [-0.15, -0.1) is 0 Å². The van der Waals surface area contributed by atoms with Crippen LogP contribution in [0.15, 0.2) is 42.9 Å². The van der Waals surface area contributed by atoms with Crippen LogP contribution in [0.2, 0.25) is 0 Å². The molecule has 0 amide bonds. The van der Waals surface area contributed by atoms with Gasteiger partial charge < -0.3 is 5.73 Å². The van der Waals surface area contributed by atoms with Gasteiger partial charge in [0.25, 0.3) is 0 Å². The Labute approximate surface area is 97.4 Å². The predicted molar refractivity (Wildman–Crippen MR) is 65.0 cm³/mol. The standard InChI is InChI=1S/C12H9N5/c13-10-9-6-14-11(8-4-2-1-3-5-8)17-12(9)16-7-15-10/h1-7H,(H2,13,14,15,16,17). The Hall–Kier alpha value is -2.56. The van der Waals surface area contributed by atoms with Crippen LogP contribution in [0, 0.1) is 0 Å². The number of aromatic nitrogens is 4. The highest BCUT2D eigenvalue weighted by atomic mass is 15.0. The van der Waals surface area contributed by atoms with Gasteiger partial charge in [0.05, 0.1) is 5.39 Å². The minimum atomic E-state index is 0.398. The lowest BCUT2D eigenvalue weighted by Gasteiger charge is -2.02. The van der Waals surface area contributed by atoms with E-state index in [0.29, 0.717) is 22.7 Å². The average molecular weight is 223 g/mol. The third-order valence-electron chi connectivity index (χ3n) is 2.45. The molecular weight excluding hydrogens is 214 g/mol. The van der Waals surface area contributed by atoms with Gasteiger partial charge in [-0.05, 0) is 0 Å². The summed E-state index contributed by atoms with van der Waals surface area (Å²) >= 11 is 0. The largest absolute Gasteiger partial charge is 0.383 e. The van der Waals surface area contributed by atoms with Crippen LogP contribution in [0.5, 0.6) is 0 Å². The molecule has 0 fully saturated rings. The Balaban J connectivity index is 2.21. The number of anilines is 1. The van der Waals surface area contributed by atoms with E-state index in [-0.39, 0.29) is 0 Å². The number of benzene rings is 1. The molecule has 2 N–H and O–H groups in total. The number of rotatable bonds is 1. The maximum atomic E-state index is 5.71. The first-order valence-corrected chi connectivity index (χ1v) is 5.13. The van der Waals surface area contributed by atoms with Gasteiger partial charge in [0.1, 0.15) is 12.1 Å². The summed E-state index contributed by atoms with van der Waals surface area (Å²) < 4.78 is 0. The molecule has 1 aromatic carbocycles. The smallest absolute Gasteiger partial charge is 0.168 e. The molecule has 5 nitrogen and oxygen atoms in total. The van der Waals surface area contributed by atoms with Crippen LogP contribution in [0.1, 0.15) is 0 Å². The molecule has 0 unspecified atom stereocenters. The van der Waals surface area contributed by atoms with Gasteiger partial charge in [0, 0.05) is 11.8 Å². The van der Waals surface area contributed by atoms with E-state index in [9.17, 15) is 0 Å². The number of nitrogens with two attached hydrogens (primary N) is 1. The third kappa shape index (κ3) is 1.67. The van der Waals surface area contributed by atoms with Gasteiger partial charge >= 0.3 is 0 Å². The first-order chi connectivity index (χ1) is 8.34. The molecule has 2 heterocycles. The average Bonchev–Trinajstić information content (AvgIpc) is 2.40. The second kappa shape index (κ2) is 3.79. The van der Waals surface area contributed by atoms with E-state index >= 15 is 0 Å². The van der Waals surface area contributed by atoms with Gasteiger partial charge in [-0.2, -0.15) is 0 Å². The first kappa shape index (κ1) is 9.65. The highest BCUT2D eigenvalue weighted by molar-refractivity contribution is 5.85. The van der Waals surface area contributed by atoms with E-state index in [1.54, 1.807) is 6.20 Å². The minimum absolute atomic E-state index is 0.398. The Morgan fingerprint density at radius 1 is 0.941 bits per heavy atom. The van der Waals surface area contributed by atoms with E-state index in [1.165, 1.54) is 6.33 Å². The Bertz CT molecular complexity index is 666. The summed E-state index contributed by atoms with van der Waals surface area (Å²) in [6, 6.07) is 9.73. The fraction of sp³-hybridized carbons (Fsp3) is 0. The fourth-order valence-electron chi connectivity index (χ4n) is 1.59. The zero-order valence-corrected chi connectivity index (χ0v) is 8.91. The molecular formula is C12H9N5. The lowest BCUT2D eigenvalue weighted by atomic mass is 10.2. The molecule has 2 aromatic heterocycles. The van der Waals surface area contributed by atoms with Crippen LogP contribution in [0.25, 0.3) is 22.4 Å². The maximum Gasteiger partial charge on any atom is 0.168 e. The van der Waals surface area contributed by atoms with E-state index in [0.717, 1.165) is 5.56 Å². The summed E-state index contributed by atoms with van der Waals surface area (Å²) in [4.78, 5) is 16.6. The van der Waals surface area contributed by atoms with Crippen molar-refractivity contribution in [1.29, 1.82) is 0 Å². The zero-order chi connectivity index (χ0) is 11.7. The Morgan fingerprint density at radius 3 is 2.59 bits per heavy atom. The van der Waals surface area contributed by atoms with Gasteiger partial charge in [-0.25, -0.2) is 19.9 Å². The molecule has 0 bridgehead atoms. The fourth-order valence-corrected chi connectivity index (χ4v) is 1.59. The normalized spacial score (nSPS) is 10.6. The molecule has 0 atom stereocenters. The maximum absolute atomic E-state index is 5.71. The van der Waals surface area contributed by atoms with Gasteiger partial charge in [-0.1, -0.05) is 30.3 Å². The molecule has 3 aromatic rings. The van der Waals surface area contributed by atoms with Crippen molar-refractivity contribution in [3.05, 3.63) is 42.9 Å². The molecule has 0 saturated carbocycles. The lowest BCUT2D eigenvalue weighted by Crippen LogP contribution is -1.97. The Kier molecular flexibility index (Phi) is 2.15. The topological polar surface area (TPSA) is 77.6 Å². The summed E-state index contributed by atoms with van der Waals surface area (Å²) in [5.74, 6) is 1.03. The molecule has 17 heavy (non-hydrogen) atoms. The van der Waals surface area contributed by atoms with E-state index < -0.39 is 0 Å². The van der Waals surface area contributed by atoms with Crippen LogP contribution >= 0.6 is 0 Å². The number of hydrogen-bond donors (Lipinski definition) is 1. The SMILES string of the molecule is Nc1ncnc2nc(-c3ccccc3)ncc12. The zero-order valence-electron chi connectivity index (χ0n) is 8.91. The van der Waals surface area contributed by atoms with Crippen LogP contribution in [0.4, 0.5) is 5.82 Å². The van der Waals surface area contributed by atoms with Crippen molar-refractivity contribution in [1.82, 2.24) is 19.9 Å². The van der Waals surface area contributed by atoms with Gasteiger partial charge in [-0.3, -0.25) is 0 Å². The van der Waals surface area contributed by atoms with Gasteiger partial charge in [0.2, 0.25) is 0 Å². The second-order valence-corrected chi connectivity index (χ2v) is 3.56.